The Labute approximate surface area is 224 Å². The number of nitrogens with two attached hydrogens (primary N) is 1. The summed E-state index contributed by atoms with van der Waals surface area (Å²) in [6, 6.07) is 13.4. The van der Waals surface area contributed by atoms with E-state index >= 15 is 0 Å². The fraction of sp³-hybridized carbons (Fsp3) is 0.222. The fourth-order valence-electron chi connectivity index (χ4n) is 3.91. The Morgan fingerprint density at radius 2 is 1.87 bits per heavy atom. The lowest BCUT2D eigenvalue weighted by atomic mass is 9.90. The van der Waals surface area contributed by atoms with E-state index < -0.39 is 27.0 Å². The van der Waals surface area contributed by atoms with Gasteiger partial charge in [-0.05, 0) is 48.0 Å². The smallest absolute Gasteiger partial charge is 0.260 e. The van der Waals surface area contributed by atoms with Crippen molar-refractivity contribution in [2.24, 2.45) is 0 Å². The van der Waals surface area contributed by atoms with Crippen LogP contribution in [0.5, 0.6) is 0 Å². The molecular weight excluding hydrogens is 531 g/mol. The van der Waals surface area contributed by atoms with Gasteiger partial charge in [0, 0.05) is 28.9 Å². The number of aromatic nitrogens is 2. The second kappa shape index (κ2) is 10.3. The van der Waals surface area contributed by atoms with Crippen LogP contribution in [0.3, 0.4) is 0 Å². The van der Waals surface area contributed by atoms with Gasteiger partial charge in [-0.15, -0.1) is 0 Å². The molecule has 38 heavy (non-hydrogen) atoms. The number of carbonyl (C=O) groups is 1. The number of rotatable bonds is 7. The Hall–Kier alpha value is -3.60. The Morgan fingerprint density at radius 1 is 1.13 bits per heavy atom. The fourth-order valence-corrected chi connectivity index (χ4v) is 4.96. The number of fused-ring (bicyclic) bond motifs is 1. The third-order valence-corrected chi connectivity index (χ3v) is 7.59. The minimum Gasteiger partial charge on any atom is -0.395 e. The SMILES string of the molecule is CC(C)(CO)c1ccc(C(=O)N(Cc2ccc3cc(Cl)c(N)nc3c2)c2ccc(F)cc2S(C)(=O)=O)cn1. The first kappa shape index (κ1) is 27.4. The zero-order chi connectivity index (χ0) is 27.8. The van der Waals surface area contributed by atoms with E-state index in [1.54, 1.807) is 36.4 Å². The largest absolute Gasteiger partial charge is 0.395 e. The van der Waals surface area contributed by atoms with Crippen molar-refractivity contribution in [2.45, 2.75) is 30.7 Å². The van der Waals surface area contributed by atoms with Gasteiger partial charge >= 0.3 is 0 Å². The van der Waals surface area contributed by atoms with Crippen molar-refractivity contribution in [3.8, 4) is 0 Å². The van der Waals surface area contributed by atoms with Crippen molar-refractivity contribution in [2.75, 3.05) is 23.5 Å². The summed E-state index contributed by atoms with van der Waals surface area (Å²) < 4.78 is 39.3. The molecule has 0 aliphatic heterocycles. The van der Waals surface area contributed by atoms with Crippen LogP contribution in [0, 0.1) is 5.82 Å². The number of anilines is 2. The quantitative estimate of drug-likeness (QED) is 0.342. The highest BCUT2D eigenvalue weighted by Crippen LogP contribution is 2.31. The van der Waals surface area contributed by atoms with E-state index in [2.05, 4.69) is 9.97 Å². The highest BCUT2D eigenvalue weighted by Gasteiger charge is 2.27. The third-order valence-electron chi connectivity index (χ3n) is 6.16. The lowest BCUT2D eigenvalue weighted by Gasteiger charge is -2.26. The molecule has 0 radical (unpaired) electrons. The molecule has 0 bridgehead atoms. The molecule has 1 amide bonds. The molecule has 0 spiro atoms. The van der Waals surface area contributed by atoms with Gasteiger partial charge in [0.05, 0.1) is 39.8 Å². The van der Waals surface area contributed by atoms with Crippen LogP contribution in [-0.4, -0.2) is 42.3 Å². The van der Waals surface area contributed by atoms with Crippen LogP contribution in [0.25, 0.3) is 10.9 Å². The first-order valence-electron chi connectivity index (χ1n) is 11.5. The Balaban J connectivity index is 1.83. The van der Waals surface area contributed by atoms with Crippen molar-refractivity contribution in [1.82, 2.24) is 9.97 Å². The number of hydrogen-bond donors (Lipinski definition) is 2. The number of nitrogens with zero attached hydrogens (tertiary/aromatic N) is 3. The molecule has 0 unspecified atom stereocenters. The normalized spacial score (nSPS) is 12.1. The Morgan fingerprint density at radius 3 is 2.50 bits per heavy atom. The number of nitrogen functional groups attached to an aromatic ring is 1. The van der Waals surface area contributed by atoms with Gasteiger partial charge < -0.3 is 15.7 Å². The van der Waals surface area contributed by atoms with Crippen LogP contribution < -0.4 is 10.6 Å². The van der Waals surface area contributed by atoms with Gasteiger partial charge in [0.25, 0.3) is 5.91 Å². The number of carbonyl (C=O) groups excluding carboxylic acids is 1. The molecule has 0 aliphatic carbocycles. The number of halogens is 2. The average molecular weight is 557 g/mol. The maximum Gasteiger partial charge on any atom is 0.260 e. The number of benzene rings is 2. The molecule has 0 saturated carbocycles. The van der Waals surface area contributed by atoms with Crippen molar-refractivity contribution in [3.63, 3.8) is 0 Å². The lowest BCUT2D eigenvalue weighted by Crippen LogP contribution is -2.32. The van der Waals surface area contributed by atoms with E-state index in [9.17, 15) is 22.7 Å². The molecular formula is C27H26ClFN4O4S. The van der Waals surface area contributed by atoms with Crippen LogP contribution in [0.4, 0.5) is 15.9 Å². The van der Waals surface area contributed by atoms with E-state index in [0.29, 0.717) is 21.8 Å². The van der Waals surface area contributed by atoms with Crippen molar-refractivity contribution >= 4 is 49.8 Å². The predicted molar refractivity (Wildman–Crippen MR) is 146 cm³/mol. The summed E-state index contributed by atoms with van der Waals surface area (Å²) in [6.45, 7) is 3.43. The molecule has 11 heteroatoms. The lowest BCUT2D eigenvalue weighted by molar-refractivity contribution is 0.0984. The highest BCUT2D eigenvalue weighted by molar-refractivity contribution is 7.90. The van der Waals surface area contributed by atoms with Gasteiger partial charge in [0.15, 0.2) is 9.84 Å². The summed E-state index contributed by atoms with van der Waals surface area (Å²) in [7, 11) is -3.90. The summed E-state index contributed by atoms with van der Waals surface area (Å²) >= 11 is 6.07. The van der Waals surface area contributed by atoms with Crippen LogP contribution in [0.1, 0.15) is 35.5 Å². The van der Waals surface area contributed by atoms with Gasteiger partial charge in [-0.1, -0.05) is 37.6 Å². The van der Waals surface area contributed by atoms with Crippen molar-refractivity contribution < 1.29 is 22.7 Å². The summed E-state index contributed by atoms with van der Waals surface area (Å²) in [5.74, 6) is -1.15. The molecule has 2 aromatic carbocycles. The standard InChI is InChI=1S/C27H26ClFN4O4S/c1-27(2,15-34)24-9-6-18(13-31-24)26(35)33(22-8-7-19(29)12-23(22)38(3,36)37)14-16-4-5-17-11-20(28)25(30)32-21(17)10-16/h4-13,34H,14-15H2,1-3H3,(H2,30,32). The molecule has 2 heterocycles. The molecule has 0 aliphatic rings. The van der Waals surface area contributed by atoms with Crippen LogP contribution in [0.2, 0.25) is 5.02 Å². The summed E-state index contributed by atoms with van der Waals surface area (Å²) in [6.07, 6.45) is 2.32. The van der Waals surface area contributed by atoms with Gasteiger partial charge in [0.1, 0.15) is 11.6 Å². The number of pyridine rings is 2. The predicted octanol–water partition coefficient (Wildman–Crippen LogP) is 4.52. The number of sulfone groups is 1. The third kappa shape index (κ3) is 5.62. The number of amides is 1. The van der Waals surface area contributed by atoms with E-state index in [1.165, 1.54) is 17.2 Å². The second-order valence-electron chi connectivity index (χ2n) is 9.63. The zero-order valence-electron chi connectivity index (χ0n) is 20.9. The molecule has 4 rings (SSSR count). The molecule has 0 atom stereocenters. The molecule has 4 aromatic rings. The average Bonchev–Trinajstić information content (AvgIpc) is 2.87. The van der Waals surface area contributed by atoms with Gasteiger partial charge in [-0.2, -0.15) is 0 Å². The van der Waals surface area contributed by atoms with Crippen LogP contribution in [-0.2, 0) is 21.8 Å². The summed E-state index contributed by atoms with van der Waals surface area (Å²) in [4.78, 5) is 23.4. The number of aliphatic hydroxyl groups is 1. The Bertz CT molecular complexity index is 1640. The van der Waals surface area contributed by atoms with Gasteiger partial charge in [0.2, 0.25) is 0 Å². The number of hydrogen-bond acceptors (Lipinski definition) is 7. The van der Waals surface area contributed by atoms with E-state index in [1.807, 2.05) is 13.8 Å². The van der Waals surface area contributed by atoms with Crippen LogP contribution >= 0.6 is 11.6 Å². The van der Waals surface area contributed by atoms with E-state index in [-0.39, 0.29) is 35.1 Å². The van der Waals surface area contributed by atoms with Crippen molar-refractivity contribution in [1.29, 1.82) is 0 Å². The second-order valence-corrected chi connectivity index (χ2v) is 12.0. The van der Waals surface area contributed by atoms with E-state index in [4.69, 9.17) is 17.3 Å². The zero-order valence-corrected chi connectivity index (χ0v) is 22.5. The summed E-state index contributed by atoms with van der Waals surface area (Å²) in [5.41, 5.74) is 7.17. The number of aliphatic hydroxyl groups excluding tert-OH is 1. The molecule has 0 fully saturated rings. The molecule has 198 valence electrons. The monoisotopic (exact) mass is 556 g/mol. The van der Waals surface area contributed by atoms with Crippen molar-refractivity contribution in [3.05, 3.63) is 88.5 Å². The minimum absolute atomic E-state index is 0.0161. The topological polar surface area (TPSA) is 126 Å². The molecule has 2 aromatic heterocycles. The minimum atomic E-state index is -3.90. The summed E-state index contributed by atoms with van der Waals surface area (Å²) in [5, 5.41) is 10.7. The van der Waals surface area contributed by atoms with Crippen LogP contribution in [0.15, 0.2) is 65.7 Å². The Kier molecular flexibility index (Phi) is 7.42. The maximum absolute atomic E-state index is 14.1. The highest BCUT2D eigenvalue weighted by atomic mass is 35.5. The molecule has 8 nitrogen and oxygen atoms in total. The van der Waals surface area contributed by atoms with Gasteiger partial charge in [-0.25, -0.2) is 17.8 Å². The molecule has 0 saturated heterocycles. The molecule has 3 N–H and O–H groups in total. The van der Waals surface area contributed by atoms with E-state index in [0.717, 1.165) is 23.8 Å². The maximum atomic E-state index is 14.1. The van der Waals surface area contributed by atoms with Gasteiger partial charge in [-0.3, -0.25) is 9.78 Å². The first-order valence-corrected chi connectivity index (χ1v) is 13.8. The first-order chi connectivity index (χ1) is 17.8.